The molecule has 0 spiro atoms. The van der Waals surface area contributed by atoms with Crippen LogP contribution in [0.3, 0.4) is 0 Å². The summed E-state index contributed by atoms with van der Waals surface area (Å²) >= 11 is 0. The van der Waals surface area contributed by atoms with Crippen LogP contribution in [0.25, 0.3) is 0 Å². The van der Waals surface area contributed by atoms with Gasteiger partial charge in [-0.05, 0) is 12.8 Å². The highest BCUT2D eigenvalue weighted by Gasteiger charge is 2.23. The minimum absolute atomic E-state index is 0.532. The zero-order chi connectivity index (χ0) is 12.0. The third-order valence-corrected chi connectivity index (χ3v) is 3.77. The van der Waals surface area contributed by atoms with Gasteiger partial charge in [0, 0.05) is 12.1 Å². The second-order valence-electron chi connectivity index (χ2n) is 6.69. The van der Waals surface area contributed by atoms with Crippen LogP contribution in [0.1, 0.15) is 72.1 Å². The lowest BCUT2D eigenvalue weighted by Crippen LogP contribution is -2.37. The fraction of sp³-hybridized carbons (Fsp3) is 1.00. The molecule has 1 nitrogen and oxygen atoms in total. The van der Waals surface area contributed by atoms with Crippen molar-refractivity contribution < 1.29 is 0 Å². The van der Waals surface area contributed by atoms with E-state index in [2.05, 4.69) is 33.9 Å². The van der Waals surface area contributed by atoms with Gasteiger partial charge in [0.1, 0.15) is 7.85 Å². The molecule has 1 aliphatic carbocycles. The van der Waals surface area contributed by atoms with Crippen molar-refractivity contribution in [2.24, 2.45) is 0 Å². The van der Waals surface area contributed by atoms with Gasteiger partial charge in [-0.2, -0.15) is 0 Å². The molecule has 1 fully saturated rings. The van der Waals surface area contributed by atoms with Crippen molar-refractivity contribution in [1.29, 1.82) is 0 Å². The zero-order valence-electron chi connectivity index (χ0n) is 11.8. The Morgan fingerprint density at radius 3 is 2.44 bits per heavy atom. The molecule has 0 aromatic rings. The number of hydrogen-bond acceptors (Lipinski definition) is 1. The molecule has 2 unspecified atom stereocenters. The molecule has 0 aromatic carbocycles. The van der Waals surface area contributed by atoms with Crippen molar-refractivity contribution >= 4 is 7.85 Å². The summed E-state index contributed by atoms with van der Waals surface area (Å²) in [5.74, 6) is 0. The first-order chi connectivity index (χ1) is 7.49. The molecule has 1 rings (SSSR count). The summed E-state index contributed by atoms with van der Waals surface area (Å²) in [6.45, 7) is 6.99. The monoisotopic (exact) mass is 223 g/mol. The van der Waals surface area contributed by atoms with E-state index in [0.29, 0.717) is 11.4 Å². The molecular weight excluding hydrogens is 193 g/mol. The van der Waals surface area contributed by atoms with Crippen LogP contribution < -0.4 is 5.32 Å². The molecule has 94 valence electrons. The van der Waals surface area contributed by atoms with E-state index in [1.54, 1.807) is 0 Å². The van der Waals surface area contributed by atoms with Crippen LogP contribution in [-0.4, -0.2) is 19.9 Å². The van der Waals surface area contributed by atoms with Crippen molar-refractivity contribution in [3.05, 3.63) is 0 Å². The van der Waals surface area contributed by atoms with Crippen molar-refractivity contribution in [2.45, 2.75) is 89.5 Å². The van der Waals surface area contributed by atoms with Crippen LogP contribution in [0, 0.1) is 0 Å². The zero-order valence-corrected chi connectivity index (χ0v) is 11.8. The molecule has 2 atom stereocenters. The van der Waals surface area contributed by atoms with E-state index in [4.69, 9.17) is 0 Å². The maximum Gasteiger partial charge on any atom is 0.109 e. The van der Waals surface area contributed by atoms with Crippen molar-refractivity contribution in [3.8, 4) is 0 Å². The maximum atomic E-state index is 3.75. The van der Waals surface area contributed by atoms with Crippen molar-refractivity contribution in [2.75, 3.05) is 0 Å². The summed E-state index contributed by atoms with van der Waals surface area (Å²) in [6.07, 6.45) is 11.3. The number of rotatable bonds is 2. The Labute approximate surface area is 103 Å². The molecule has 0 aromatic heterocycles. The Hall–Kier alpha value is 0.0249. The molecule has 0 radical (unpaired) electrons. The van der Waals surface area contributed by atoms with Gasteiger partial charge in [-0.3, -0.25) is 0 Å². The van der Waals surface area contributed by atoms with Crippen molar-refractivity contribution in [3.63, 3.8) is 0 Å². The van der Waals surface area contributed by atoms with Gasteiger partial charge in [-0.1, -0.05) is 64.6 Å². The van der Waals surface area contributed by atoms with E-state index >= 15 is 0 Å². The van der Waals surface area contributed by atoms with E-state index in [9.17, 15) is 0 Å². The molecule has 1 saturated carbocycles. The van der Waals surface area contributed by atoms with Gasteiger partial charge >= 0.3 is 0 Å². The number of nitrogens with one attached hydrogen (secondary N) is 1. The molecule has 2 heteroatoms. The maximum absolute atomic E-state index is 3.75. The molecule has 0 heterocycles. The fourth-order valence-corrected chi connectivity index (χ4v) is 3.01. The summed E-state index contributed by atoms with van der Waals surface area (Å²) in [5, 5.41) is 4.28. The Bertz CT molecular complexity index is 189. The molecule has 1 aliphatic rings. The van der Waals surface area contributed by atoms with E-state index < -0.39 is 0 Å². The quantitative estimate of drug-likeness (QED) is 0.708. The van der Waals surface area contributed by atoms with Gasteiger partial charge in [0.25, 0.3) is 0 Å². The van der Waals surface area contributed by atoms with Gasteiger partial charge in [0.15, 0.2) is 0 Å². The summed E-state index contributed by atoms with van der Waals surface area (Å²) in [7, 11) is 2.45. The minimum Gasteiger partial charge on any atom is -0.312 e. The average molecular weight is 223 g/mol. The molecule has 0 saturated heterocycles. The van der Waals surface area contributed by atoms with Crippen LogP contribution in [-0.2, 0) is 0 Å². The molecule has 1 N–H and O–H groups in total. The smallest absolute Gasteiger partial charge is 0.109 e. The first kappa shape index (κ1) is 14.1. The van der Waals surface area contributed by atoms with Gasteiger partial charge in [-0.25, -0.2) is 0 Å². The largest absolute Gasteiger partial charge is 0.312 e. The van der Waals surface area contributed by atoms with Gasteiger partial charge in [0.05, 0.1) is 0 Å². The SMILES string of the molecule is BC1(C)CCCCCCCC(NC(C)C)C1. The summed E-state index contributed by atoms with van der Waals surface area (Å²) in [5.41, 5.74) is 0. The van der Waals surface area contributed by atoms with E-state index in [1.165, 1.54) is 51.4 Å². The molecule has 0 bridgehead atoms. The Morgan fingerprint density at radius 2 is 1.75 bits per heavy atom. The molecule has 0 aliphatic heterocycles. The Balaban J connectivity index is 2.50. The van der Waals surface area contributed by atoms with Crippen LogP contribution in [0.5, 0.6) is 0 Å². The summed E-state index contributed by atoms with van der Waals surface area (Å²) in [4.78, 5) is 0. The van der Waals surface area contributed by atoms with Crippen LogP contribution >= 0.6 is 0 Å². The predicted molar refractivity (Wildman–Crippen MR) is 75.9 cm³/mol. The average Bonchev–Trinajstić information content (AvgIpc) is 2.14. The van der Waals surface area contributed by atoms with Crippen LogP contribution in [0.4, 0.5) is 0 Å². The standard InChI is InChI=1S/C14H30BN/c1-12(2)16-13-9-7-5-4-6-8-10-14(3,15)11-13/h12-13,16H,4-11,15H2,1-3H3. The van der Waals surface area contributed by atoms with E-state index in [1.807, 2.05) is 0 Å². The minimum atomic E-state index is 0.532. The van der Waals surface area contributed by atoms with Gasteiger partial charge in [0.2, 0.25) is 0 Å². The highest BCUT2D eigenvalue weighted by Crippen LogP contribution is 2.35. The Morgan fingerprint density at radius 1 is 1.12 bits per heavy atom. The molecular formula is C14H30BN. The van der Waals surface area contributed by atoms with E-state index in [-0.39, 0.29) is 0 Å². The summed E-state index contributed by atoms with van der Waals surface area (Å²) < 4.78 is 0. The highest BCUT2D eigenvalue weighted by molar-refractivity contribution is 6.14. The molecule has 0 amide bonds. The second-order valence-corrected chi connectivity index (χ2v) is 6.69. The van der Waals surface area contributed by atoms with Crippen LogP contribution in [0.2, 0.25) is 5.31 Å². The third-order valence-electron chi connectivity index (χ3n) is 3.77. The van der Waals surface area contributed by atoms with Crippen molar-refractivity contribution in [1.82, 2.24) is 5.32 Å². The topological polar surface area (TPSA) is 12.0 Å². The fourth-order valence-electron chi connectivity index (χ4n) is 3.01. The van der Waals surface area contributed by atoms with Gasteiger partial charge in [-0.15, -0.1) is 0 Å². The highest BCUT2D eigenvalue weighted by atomic mass is 14.9. The third kappa shape index (κ3) is 5.93. The lowest BCUT2D eigenvalue weighted by atomic mass is 9.63. The lowest BCUT2D eigenvalue weighted by Gasteiger charge is -2.32. The predicted octanol–water partition coefficient (Wildman–Crippen LogP) is 3.30. The second kappa shape index (κ2) is 6.69. The van der Waals surface area contributed by atoms with Gasteiger partial charge < -0.3 is 5.32 Å². The molecule has 16 heavy (non-hydrogen) atoms. The van der Waals surface area contributed by atoms with E-state index in [0.717, 1.165) is 6.04 Å². The first-order valence-electron chi connectivity index (χ1n) is 7.26. The van der Waals surface area contributed by atoms with Crippen LogP contribution in [0.15, 0.2) is 0 Å². The normalized spacial score (nSPS) is 33.9. The Kier molecular flexibility index (Phi) is 5.89. The summed E-state index contributed by atoms with van der Waals surface area (Å²) in [6, 6.07) is 1.37. The number of hydrogen-bond donors (Lipinski definition) is 1. The first-order valence-corrected chi connectivity index (χ1v) is 7.26. The lowest BCUT2D eigenvalue weighted by molar-refractivity contribution is 0.335.